The molecule has 1 unspecified atom stereocenters. The molecule has 1 atom stereocenters. The van der Waals surface area contributed by atoms with Gasteiger partial charge in [-0.1, -0.05) is 48.5 Å². The van der Waals surface area contributed by atoms with Crippen molar-refractivity contribution in [2.24, 2.45) is 0 Å². The standard InChI is InChI=1S/C15H11NO3/c16-11-15(14(17)18,12-7-3-1-4-8-12)19-13-9-5-2-6-10-13/h1-10H,(H,17,18). The van der Waals surface area contributed by atoms with Gasteiger partial charge in [-0.25, -0.2) is 4.79 Å². The molecular formula is C15H11NO3. The zero-order chi connectivity index (χ0) is 13.7. The molecule has 0 amide bonds. The van der Waals surface area contributed by atoms with Crippen LogP contribution in [0.2, 0.25) is 0 Å². The summed E-state index contributed by atoms with van der Waals surface area (Å²) in [7, 11) is 0. The summed E-state index contributed by atoms with van der Waals surface area (Å²) in [6.07, 6.45) is 0. The molecule has 2 rings (SSSR count). The van der Waals surface area contributed by atoms with Gasteiger partial charge in [-0.15, -0.1) is 0 Å². The number of hydrogen-bond donors (Lipinski definition) is 1. The fourth-order valence-electron chi connectivity index (χ4n) is 1.70. The average Bonchev–Trinajstić information content (AvgIpc) is 2.46. The Morgan fingerprint density at radius 2 is 1.58 bits per heavy atom. The van der Waals surface area contributed by atoms with Crippen molar-refractivity contribution in [1.82, 2.24) is 0 Å². The van der Waals surface area contributed by atoms with E-state index in [0.29, 0.717) is 5.75 Å². The summed E-state index contributed by atoms with van der Waals surface area (Å²) in [5.41, 5.74) is -1.75. The van der Waals surface area contributed by atoms with Gasteiger partial charge in [0, 0.05) is 5.56 Å². The third-order valence-corrected chi connectivity index (χ3v) is 2.65. The summed E-state index contributed by atoms with van der Waals surface area (Å²) < 4.78 is 5.44. The van der Waals surface area contributed by atoms with Crippen LogP contribution in [-0.2, 0) is 10.4 Å². The molecule has 0 aliphatic rings. The third-order valence-electron chi connectivity index (χ3n) is 2.65. The molecule has 2 aromatic carbocycles. The fourth-order valence-corrected chi connectivity index (χ4v) is 1.70. The van der Waals surface area contributed by atoms with E-state index in [9.17, 15) is 15.2 Å². The zero-order valence-electron chi connectivity index (χ0n) is 9.98. The molecule has 0 spiro atoms. The van der Waals surface area contributed by atoms with Crippen LogP contribution in [0.4, 0.5) is 0 Å². The Balaban J connectivity index is 2.48. The molecule has 0 fully saturated rings. The van der Waals surface area contributed by atoms with Crippen molar-refractivity contribution in [1.29, 1.82) is 5.26 Å². The second-order valence-corrected chi connectivity index (χ2v) is 3.88. The quantitative estimate of drug-likeness (QED) is 0.909. The lowest BCUT2D eigenvalue weighted by molar-refractivity contribution is -0.151. The number of aliphatic carboxylic acids is 1. The van der Waals surface area contributed by atoms with Gasteiger partial charge in [-0.05, 0) is 12.1 Å². The molecule has 0 aromatic heterocycles. The molecule has 94 valence electrons. The number of carboxylic acids is 1. The fraction of sp³-hybridized carbons (Fsp3) is 0.0667. The molecule has 19 heavy (non-hydrogen) atoms. The van der Waals surface area contributed by atoms with E-state index in [1.807, 2.05) is 0 Å². The Labute approximate surface area is 110 Å². The molecular weight excluding hydrogens is 242 g/mol. The van der Waals surface area contributed by atoms with Crippen LogP contribution in [0.25, 0.3) is 0 Å². The van der Waals surface area contributed by atoms with Crippen LogP contribution in [0.15, 0.2) is 60.7 Å². The van der Waals surface area contributed by atoms with E-state index < -0.39 is 11.6 Å². The molecule has 2 aromatic rings. The van der Waals surface area contributed by atoms with Crippen LogP contribution < -0.4 is 4.74 Å². The molecule has 0 heterocycles. The number of nitriles is 1. The van der Waals surface area contributed by atoms with Crippen LogP contribution in [0.5, 0.6) is 5.75 Å². The minimum Gasteiger partial charge on any atom is -0.477 e. The number of nitrogens with zero attached hydrogens (tertiary/aromatic N) is 1. The van der Waals surface area contributed by atoms with Gasteiger partial charge < -0.3 is 9.84 Å². The summed E-state index contributed by atoms with van der Waals surface area (Å²) in [5.74, 6) is -1.01. The first-order valence-electron chi connectivity index (χ1n) is 5.63. The second kappa shape index (κ2) is 5.23. The summed E-state index contributed by atoms with van der Waals surface area (Å²) in [6, 6.07) is 18.4. The van der Waals surface area contributed by atoms with Crippen LogP contribution >= 0.6 is 0 Å². The number of ether oxygens (including phenoxy) is 1. The van der Waals surface area contributed by atoms with Crippen molar-refractivity contribution in [2.75, 3.05) is 0 Å². The third kappa shape index (κ3) is 2.40. The minimum absolute atomic E-state index is 0.286. The second-order valence-electron chi connectivity index (χ2n) is 3.88. The first-order valence-corrected chi connectivity index (χ1v) is 5.63. The number of carboxylic acid groups (broad SMARTS) is 1. The Kier molecular flexibility index (Phi) is 3.48. The van der Waals surface area contributed by atoms with Gasteiger partial charge in [0.1, 0.15) is 11.8 Å². The Morgan fingerprint density at radius 3 is 2.05 bits per heavy atom. The van der Waals surface area contributed by atoms with Gasteiger partial charge in [0.25, 0.3) is 0 Å². The smallest absolute Gasteiger partial charge is 0.368 e. The molecule has 0 aliphatic heterocycles. The highest BCUT2D eigenvalue weighted by Crippen LogP contribution is 2.28. The molecule has 0 saturated carbocycles. The van der Waals surface area contributed by atoms with Gasteiger partial charge in [0.2, 0.25) is 0 Å². The first kappa shape index (κ1) is 12.7. The van der Waals surface area contributed by atoms with E-state index in [1.165, 1.54) is 0 Å². The molecule has 0 radical (unpaired) electrons. The number of para-hydroxylation sites is 1. The number of benzene rings is 2. The molecule has 0 bridgehead atoms. The van der Waals surface area contributed by atoms with Crippen LogP contribution in [0.1, 0.15) is 5.56 Å². The van der Waals surface area contributed by atoms with E-state index in [1.54, 1.807) is 66.7 Å². The van der Waals surface area contributed by atoms with E-state index >= 15 is 0 Å². The molecule has 0 aliphatic carbocycles. The van der Waals surface area contributed by atoms with E-state index in [0.717, 1.165) is 0 Å². The lowest BCUT2D eigenvalue weighted by atomic mass is 9.95. The first-order chi connectivity index (χ1) is 9.19. The summed E-state index contributed by atoms with van der Waals surface area (Å²) in [4.78, 5) is 11.5. The lowest BCUT2D eigenvalue weighted by Gasteiger charge is -2.23. The van der Waals surface area contributed by atoms with Gasteiger partial charge in [0.05, 0.1) is 0 Å². The normalized spacial score (nSPS) is 13.0. The molecule has 4 heteroatoms. The van der Waals surface area contributed by atoms with Crippen molar-refractivity contribution in [3.63, 3.8) is 0 Å². The molecule has 1 N–H and O–H groups in total. The lowest BCUT2D eigenvalue weighted by Crippen LogP contribution is -2.40. The maximum absolute atomic E-state index is 11.5. The maximum atomic E-state index is 11.5. The predicted octanol–water partition coefficient (Wildman–Crippen LogP) is 2.57. The summed E-state index contributed by atoms with van der Waals surface area (Å²) >= 11 is 0. The molecule has 0 saturated heterocycles. The number of rotatable bonds is 4. The summed E-state index contributed by atoms with van der Waals surface area (Å²) in [6.45, 7) is 0. The topological polar surface area (TPSA) is 70.3 Å². The van der Waals surface area contributed by atoms with Crippen molar-refractivity contribution in [3.05, 3.63) is 66.2 Å². The van der Waals surface area contributed by atoms with Crippen molar-refractivity contribution in [3.8, 4) is 11.8 Å². The van der Waals surface area contributed by atoms with Gasteiger partial charge in [-0.3, -0.25) is 0 Å². The highest BCUT2D eigenvalue weighted by atomic mass is 16.5. The van der Waals surface area contributed by atoms with Gasteiger partial charge in [0.15, 0.2) is 0 Å². The van der Waals surface area contributed by atoms with Crippen LogP contribution in [-0.4, -0.2) is 11.1 Å². The predicted molar refractivity (Wildman–Crippen MR) is 68.4 cm³/mol. The van der Waals surface area contributed by atoms with Crippen molar-refractivity contribution >= 4 is 5.97 Å². The zero-order valence-corrected chi connectivity index (χ0v) is 9.98. The van der Waals surface area contributed by atoms with Gasteiger partial charge in [-0.2, -0.15) is 5.26 Å². The Hall–Kier alpha value is -2.80. The Morgan fingerprint density at radius 1 is 1.05 bits per heavy atom. The Bertz CT molecular complexity index is 604. The van der Waals surface area contributed by atoms with E-state index in [-0.39, 0.29) is 5.56 Å². The highest BCUT2D eigenvalue weighted by Gasteiger charge is 2.43. The summed E-state index contributed by atoms with van der Waals surface area (Å²) in [5, 5.41) is 18.7. The average molecular weight is 253 g/mol. The van der Waals surface area contributed by atoms with Crippen molar-refractivity contribution < 1.29 is 14.6 Å². The SMILES string of the molecule is N#CC(Oc1ccccc1)(C(=O)O)c1ccccc1. The molecule has 4 nitrogen and oxygen atoms in total. The van der Waals surface area contributed by atoms with E-state index in [4.69, 9.17) is 4.74 Å². The van der Waals surface area contributed by atoms with E-state index in [2.05, 4.69) is 0 Å². The van der Waals surface area contributed by atoms with Crippen LogP contribution in [0, 0.1) is 11.3 Å². The highest BCUT2D eigenvalue weighted by molar-refractivity contribution is 5.83. The van der Waals surface area contributed by atoms with Gasteiger partial charge >= 0.3 is 11.6 Å². The minimum atomic E-state index is -2.04. The number of hydrogen-bond acceptors (Lipinski definition) is 3. The number of carbonyl (C=O) groups is 1. The maximum Gasteiger partial charge on any atom is 0.368 e. The van der Waals surface area contributed by atoms with Crippen LogP contribution in [0.3, 0.4) is 0 Å². The largest absolute Gasteiger partial charge is 0.477 e. The van der Waals surface area contributed by atoms with Crippen molar-refractivity contribution in [2.45, 2.75) is 5.60 Å². The monoisotopic (exact) mass is 253 g/mol.